The number of nitrogens with zero attached hydrogens (tertiary/aromatic N) is 1. The summed E-state index contributed by atoms with van der Waals surface area (Å²) in [5.74, 6) is 0.768. The van der Waals surface area contributed by atoms with Gasteiger partial charge in [-0.05, 0) is 24.6 Å². The van der Waals surface area contributed by atoms with Gasteiger partial charge in [0.15, 0.2) is 5.89 Å². The standard InChI is InChI=1S/C11H10BrNO/c1-8-7-14-11(13-8)6-9-2-4-10(12)5-3-9/h2-5,7H,6H2,1H3. The van der Waals surface area contributed by atoms with Crippen LogP contribution >= 0.6 is 15.9 Å². The number of hydrogen-bond donors (Lipinski definition) is 0. The van der Waals surface area contributed by atoms with Gasteiger partial charge in [-0.25, -0.2) is 4.98 Å². The van der Waals surface area contributed by atoms with E-state index in [1.54, 1.807) is 6.26 Å². The first-order valence-corrected chi connectivity index (χ1v) is 5.19. The number of benzene rings is 1. The summed E-state index contributed by atoms with van der Waals surface area (Å²) in [6.45, 7) is 1.93. The van der Waals surface area contributed by atoms with Gasteiger partial charge in [-0.1, -0.05) is 28.1 Å². The van der Waals surface area contributed by atoms with E-state index in [4.69, 9.17) is 4.42 Å². The van der Waals surface area contributed by atoms with Crippen molar-refractivity contribution in [2.45, 2.75) is 13.3 Å². The highest BCUT2D eigenvalue weighted by molar-refractivity contribution is 9.10. The Kier molecular flexibility index (Phi) is 2.68. The van der Waals surface area contributed by atoms with E-state index < -0.39 is 0 Å². The monoisotopic (exact) mass is 251 g/mol. The second kappa shape index (κ2) is 3.96. The molecular formula is C11H10BrNO. The van der Waals surface area contributed by atoms with Gasteiger partial charge in [-0.15, -0.1) is 0 Å². The molecule has 3 heteroatoms. The second-order valence-electron chi connectivity index (χ2n) is 3.19. The maximum atomic E-state index is 5.28. The SMILES string of the molecule is Cc1coc(Cc2ccc(Br)cc2)n1. The zero-order valence-corrected chi connectivity index (χ0v) is 9.41. The lowest BCUT2D eigenvalue weighted by Crippen LogP contribution is -1.87. The third kappa shape index (κ3) is 2.23. The largest absolute Gasteiger partial charge is 0.448 e. The first-order chi connectivity index (χ1) is 6.74. The topological polar surface area (TPSA) is 26.0 Å². The van der Waals surface area contributed by atoms with Crippen LogP contribution in [0.15, 0.2) is 39.4 Å². The number of oxazole rings is 1. The van der Waals surface area contributed by atoms with Crippen molar-refractivity contribution in [3.63, 3.8) is 0 Å². The van der Waals surface area contributed by atoms with Crippen molar-refractivity contribution in [3.8, 4) is 0 Å². The average molecular weight is 252 g/mol. The molecule has 0 spiro atoms. The van der Waals surface area contributed by atoms with Gasteiger partial charge < -0.3 is 4.42 Å². The maximum absolute atomic E-state index is 5.28. The molecule has 0 aliphatic heterocycles. The number of rotatable bonds is 2. The Balaban J connectivity index is 2.15. The smallest absolute Gasteiger partial charge is 0.198 e. The van der Waals surface area contributed by atoms with E-state index in [0.29, 0.717) is 0 Å². The zero-order valence-electron chi connectivity index (χ0n) is 7.83. The van der Waals surface area contributed by atoms with Gasteiger partial charge in [0.2, 0.25) is 0 Å². The van der Waals surface area contributed by atoms with Crippen molar-refractivity contribution >= 4 is 15.9 Å². The molecule has 2 rings (SSSR count). The molecule has 1 aromatic carbocycles. The van der Waals surface area contributed by atoms with Gasteiger partial charge in [0.1, 0.15) is 6.26 Å². The minimum atomic E-state index is 0.751. The Hall–Kier alpha value is -1.09. The summed E-state index contributed by atoms with van der Waals surface area (Å²) in [5.41, 5.74) is 2.13. The molecule has 72 valence electrons. The lowest BCUT2D eigenvalue weighted by atomic mass is 10.1. The molecule has 0 saturated heterocycles. The Labute approximate surface area is 91.1 Å². The Morgan fingerprint density at radius 1 is 1.29 bits per heavy atom. The quantitative estimate of drug-likeness (QED) is 0.819. The van der Waals surface area contributed by atoms with Crippen LogP contribution in [0.1, 0.15) is 17.1 Å². The van der Waals surface area contributed by atoms with E-state index in [0.717, 1.165) is 22.5 Å². The molecule has 0 aliphatic rings. The molecular weight excluding hydrogens is 242 g/mol. The number of aromatic nitrogens is 1. The van der Waals surface area contributed by atoms with E-state index >= 15 is 0 Å². The zero-order chi connectivity index (χ0) is 9.97. The van der Waals surface area contributed by atoms with Crippen LogP contribution in [0.4, 0.5) is 0 Å². The summed E-state index contributed by atoms with van der Waals surface area (Å²) in [5, 5.41) is 0. The van der Waals surface area contributed by atoms with E-state index in [9.17, 15) is 0 Å². The minimum Gasteiger partial charge on any atom is -0.448 e. The lowest BCUT2D eigenvalue weighted by molar-refractivity contribution is 0.506. The van der Waals surface area contributed by atoms with Crippen LogP contribution in [-0.2, 0) is 6.42 Å². The van der Waals surface area contributed by atoms with Crippen molar-refractivity contribution in [3.05, 3.63) is 52.1 Å². The fourth-order valence-electron chi connectivity index (χ4n) is 1.26. The minimum absolute atomic E-state index is 0.751. The Morgan fingerprint density at radius 2 is 2.00 bits per heavy atom. The van der Waals surface area contributed by atoms with E-state index in [1.807, 2.05) is 19.1 Å². The Morgan fingerprint density at radius 3 is 2.57 bits per heavy atom. The molecule has 2 nitrogen and oxygen atoms in total. The highest BCUT2D eigenvalue weighted by Gasteiger charge is 2.01. The predicted molar refractivity (Wildman–Crippen MR) is 58.2 cm³/mol. The Bertz CT molecular complexity index is 419. The predicted octanol–water partition coefficient (Wildman–Crippen LogP) is 3.34. The van der Waals surface area contributed by atoms with Gasteiger partial charge in [-0.2, -0.15) is 0 Å². The van der Waals surface area contributed by atoms with Crippen molar-refractivity contribution < 1.29 is 4.42 Å². The molecule has 0 unspecified atom stereocenters. The molecule has 0 N–H and O–H groups in total. The summed E-state index contributed by atoms with van der Waals surface area (Å²) in [7, 11) is 0. The van der Waals surface area contributed by atoms with Gasteiger partial charge in [0.05, 0.1) is 5.69 Å². The molecule has 0 fully saturated rings. The van der Waals surface area contributed by atoms with Crippen LogP contribution in [0.5, 0.6) is 0 Å². The van der Waals surface area contributed by atoms with Crippen LogP contribution in [-0.4, -0.2) is 4.98 Å². The number of aryl methyl sites for hydroxylation is 1. The molecule has 0 amide bonds. The molecule has 0 aliphatic carbocycles. The molecule has 0 atom stereocenters. The highest BCUT2D eigenvalue weighted by atomic mass is 79.9. The summed E-state index contributed by atoms with van der Waals surface area (Å²) in [6.07, 6.45) is 2.43. The fraction of sp³-hybridized carbons (Fsp3) is 0.182. The van der Waals surface area contributed by atoms with Crippen molar-refractivity contribution in [1.82, 2.24) is 4.98 Å². The van der Waals surface area contributed by atoms with E-state index in [-0.39, 0.29) is 0 Å². The van der Waals surface area contributed by atoms with Gasteiger partial charge >= 0.3 is 0 Å². The lowest BCUT2D eigenvalue weighted by Gasteiger charge is -1.96. The maximum Gasteiger partial charge on any atom is 0.198 e. The fourth-order valence-corrected chi connectivity index (χ4v) is 1.53. The van der Waals surface area contributed by atoms with Gasteiger partial charge in [-0.3, -0.25) is 0 Å². The van der Waals surface area contributed by atoms with Crippen molar-refractivity contribution in [1.29, 1.82) is 0 Å². The summed E-state index contributed by atoms with van der Waals surface area (Å²) in [4.78, 5) is 4.25. The highest BCUT2D eigenvalue weighted by Crippen LogP contribution is 2.13. The number of halogens is 1. The van der Waals surface area contributed by atoms with E-state index in [1.165, 1.54) is 5.56 Å². The van der Waals surface area contributed by atoms with Gasteiger partial charge in [0.25, 0.3) is 0 Å². The summed E-state index contributed by atoms with van der Waals surface area (Å²) < 4.78 is 6.36. The van der Waals surface area contributed by atoms with Crippen molar-refractivity contribution in [2.24, 2.45) is 0 Å². The molecule has 0 radical (unpaired) electrons. The molecule has 2 aromatic rings. The first-order valence-electron chi connectivity index (χ1n) is 4.39. The average Bonchev–Trinajstić information content (AvgIpc) is 2.56. The first kappa shape index (κ1) is 9.46. The third-order valence-corrected chi connectivity index (χ3v) is 2.46. The molecule has 0 saturated carbocycles. The third-order valence-electron chi connectivity index (χ3n) is 1.94. The molecule has 1 aromatic heterocycles. The van der Waals surface area contributed by atoms with Crippen LogP contribution in [0.25, 0.3) is 0 Å². The molecule has 14 heavy (non-hydrogen) atoms. The van der Waals surface area contributed by atoms with E-state index in [2.05, 4.69) is 33.0 Å². The van der Waals surface area contributed by atoms with Crippen molar-refractivity contribution in [2.75, 3.05) is 0 Å². The van der Waals surface area contributed by atoms with Crippen LogP contribution in [0, 0.1) is 6.92 Å². The normalized spacial score (nSPS) is 10.4. The van der Waals surface area contributed by atoms with Gasteiger partial charge in [0, 0.05) is 10.9 Å². The molecule has 1 heterocycles. The number of hydrogen-bond acceptors (Lipinski definition) is 2. The van der Waals surface area contributed by atoms with Crippen LogP contribution < -0.4 is 0 Å². The second-order valence-corrected chi connectivity index (χ2v) is 4.10. The summed E-state index contributed by atoms with van der Waals surface area (Å²) >= 11 is 3.40. The summed E-state index contributed by atoms with van der Waals surface area (Å²) in [6, 6.07) is 8.16. The van der Waals surface area contributed by atoms with Crippen LogP contribution in [0.2, 0.25) is 0 Å². The van der Waals surface area contributed by atoms with Crippen LogP contribution in [0.3, 0.4) is 0 Å². The molecule has 0 bridgehead atoms.